The zero-order chi connectivity index (χ0) is 13.1. The lowest BCUT2D eigenvalue weighted by Gasteiger charge is -2.15. The number of hydrogen-bond donors (Lipinski definition) is 0. The lowest BCUT2D eigenvalue weighted by atomic mass is 9.90. The molecule has 0 amide bonds. The van der Waals surface area contributed by atoms with Gasteiger partial charge in [-0.25, -0.2) is 0 Å². The van der Waals surface area contributed by atoms with Crippen molar-refractivity contribution in [3.05, 3.63) is 83.9 Å². The Morgan fingerprint density at radius 3 is 2.26 bits per heavy atom. The van der Waals surface area contributed by atoms with Crippen LogP contribution in [-0.4, -0.2) is 0 Å². The molecule has 0 spiro atoms. The Bertz CT molecular complexity index is 662. The fraction of sp³-hybridized carbons (Fsp3) is 0.158. The summed E-state index contributed by atoms with van der Waals surface area (Å²) in [7, 11) is 0. The van der Waals surface area contributed by atoms with E-state index in [4.69, 9.17) is 0 Å². The van der Waals surface area contributed by atoms with E-state index in [0.717, 1.165) is 6.42 Å². The molecule has 0 aliphatic carbocycles. The summed E-state index contributed by atoms with van der Waals surface area (Å²) in [4.78, 5) is 0. The van der Waals surface area contributed by atoms with Crippen LogP contribution in [0.4, 0.5) is 0 Å². The Kier molecular flexibility index (Phi) is 3.33. The third kappa shape index (κ3) is 2.53. The summed E-state index contributed by atoms with van der Waals surface area (Å²) >= 11 is 0. The van der Waals surface area contributed by atoms with Crippen molar-refractivity contribution in [3.8, 4) is 0 Å². The summed E-state index contributed by atoms with van der Waals surface area (Å²) < 4.78 is 0. The molecule has 0 fully saturated rings. The molecule has 0 bridgehead atoms. The average molecular weight is 246 g/mol. The van der Waals surface area contributed by atoms with Gasteiger partial charge in [-0.05, 0) is 34.2 Å². The van der Waals surface area contributed by atoms with Gasteiger partial charge in [-0.15, -0.1) is 0 Å². The fourth-order valence-electron chi connectivity index (χ4n) is 2.76. The van der Waals surface area contributed by atoms with Crippen molar-refractivity contribution in [1.29, 1.82) is 0 Å². The van der Waals surface area contributed by atoms with Gasteiger partial charge in [0.15, 0.2) is 0 Å². The van der Waals surface area contributed by atoms with Crippen LogP contribution in [0.1, 0.15) is 24.0 Å². The summed E-state index contributed by atoms with van der Waals surface area (Å²) in [5.41, 5.74) is 2.85. The second-order valence-corrected chi connectivity index (χ2v) is 5.16. The third-order valence-corrected chi connectivity index (χ3v) is 3.74. The van der Waals surface area contributed by atoms with Crippen LogP contribution in [0.5, 0.6) is 0 Å². The molecule has 0 aliphatic rings. The van der Waals surface area contributed by atoms with Crippen LogP contribution in [0.2, 0.25) is 0 Å². The van der Waals surface area contributed by atoms with E-state index in [1.54, 1.807) is 0 Å². The second kappa shape index (κ2) is 5.27. The first-order chi connectivity index (χ1) is 9.34. The molecule has 3 rings (SSSR count). The van der Waals surface area contributed by atoms with E-state index in [0.29, 0.717) is 5.92 Å². The summed E-state index contributed by atoms with van der Waals surface area (Å²) in [5, 5.41) is 2.72. The van der Waals surface area contributed by atoms with Crippen molar-refractivity contribution in [3.63, 3.8) is 0 Å². The van der Waals surface area contributed by atoms with Crippen molar-refractivity contribution >= 4 is 10.8 Å². The fourth-order valence-corrected chi connectivity index (χ4v) is 2.76. The molecular weight excluding hydrogens is 228 g/mol. The monoisotopic (exact) mass is 246 g/mol. The summed E-state index contributed by atoms with van der Waals surface area (Å²) in [6.45, 7) is 2.31. The molecule has 1 atom stereocenters. The average Bonchev–Trinajstić information content (AvgIpc) is 2.47. The quantitative estimate of drug-likeness (QED) is 0.597. The molecule has 0 N–H and O–H groups in total. The molecule has 0 nitrogen and oxygen atoms in total. The van der Waals surface area contributed by atoms with Gasteiger partial charge in [-0.2, -0.15) is 0 Å². The normalized spacial score (nSPS) is 12.5. The van der Waals surface area contributed by atoms with Gasteiger partial charge in [0.1, 0.15) is 0 Å². The Hall–Kier alpha value is -2.08. The standard InChI is InChI=1S/C19H18/c1-15(14-16-8-3-2-4-9-16)18-13-7-11-17-10-5-6-12-19(17)18/h2-13,15H,14H2,1H3. The minimum absolute atomic E-state index is 0.536. The van der Waals surface area contributed by atoms with Crippen molar-refractivity contribution in [1.82, 2.24) is 0 Å². The van der Waals surface area contributed by atoms with Gasteiger partial charge in [-0.3, -0.25) is 0 Å². The molecular formula is C19H18. The number of rotatable bonds is 3. The van der Waals surface area contributed by atoms with Gasteiger partial charge >= 0.3 is 0 Å². The maximum absolute atomic E-state index is 2.31. The van der Waals surface area contributed by atoms with Crippen LogP contribution >= 0.6 is 0 Å². The Labute approximate surface area is 114 Å². The highest BCUT2D eigenvalue weighted by molar-refractivity contribution is 5.86. The van der Waals surface area contributed by atoms with Gasteiger partial charge in [0.25, 0.3) is 0 Å². The summed E-state index contributed by atoms with van der Waals surface area (Å²) in [6, 6.07) is 26.0. The van der Waals surface area contributed by atoms with Crippen LogP contribution in [0, 0.1) is 0 Å². The van der Waals surface area contributed by atoms with E-state index in [9.17, 15) is 0 Å². The molecule has 0 aromatic heterocycles. The maximum atomic E-state index is 2.31. The molecule has 0 heterocycles. The Balaban J connectivity index is 1.96. The summed E-state index contributed by atoms with van der Waals surface area (Å²) in [6.07, 6.45) is 1.09. The summed E-state index contributed by atoms with van der Waals surface area (Å²) in [5.74, 6) is 0.536. The van der Waals surface area contributed by atoms with E-state index in [2.05, 4.69) is 79.7 Å². The van der Waals surface area contributed by atoms with Gasteiger partial charge in [0, 0.05) is 0 Å². The molecule has 3 aromatic rings. The zero-order valence-electron chi connectivity index (χ0n) is 11.2. The SMILES string of the molecule is CC(Cc1ccccc1)c1cccc2ccccc12. The van der Waals surface area contributed by atoms with E-state index in [-0.39, 0.29) is 0 Å². The van der Waals surface area contributed by atoms with Crippen molar-refractivity contribution in [2.24, 2.45) is 0 Å². The Morgan fingerprint density at radius 1 is 0.737 bits per heavy atom. The number of benzene rings is 3. The zero-order valence-corrected chi connectivity index (χ0v) is 11.2. The van der Waals surface area contributed by atoms with Crippen LogP contribution in [0.3, 0.4) is 0 Å². The van der Waals surface area contributed by atoms with Gasteiger partial charge in [0.2, 0.25) is 0 Å². The van der Waals surface area contributed by atoms with Crippen molar-refractivity contribution in [2.45, 2.75) is 19.3 Å². The largest absolute Gasteiger partial charge is 0.0622 e. The lowest BCUT2D eigenvalue weighted by molar-refractivity contribution is 0.766. The first-order valence-electron chi connectivity index (χ1n) is 6.86. The smallest absolute Gasteiger partial charge is 0.0144 e. The van der Waals surface area contributed by atoms with Crippen LogP contribution in [0.15, 0.2) is 72.8 Å². The molecule has 0 heteroatoms. The van der Waals surface area contributed by atoms with E-state index < -0.39 is 0 Å². The maximum Gasteiger partial charge on any atom is -0.0144 e. The molecule has 3 aromatic carbocycles. The van der Waals surface area contributed by atoms with Gasteiger partial charge < -0.3 is 0 Å². The lowest BCUT2D eigenvalue weighted by Crippen LogP contribution is -1.99. The number of hydrogen-bond acceptors (Lipinski definition) is 0. The first-order valence-corrected chi connectivity index (χ1v) is 6.86. The molecule has 0 saturated carbocycles. The minimum atomic E-state index is 0.536. The minimum Gasteiger partial charge on any atom is -0.0622 e. The molecule has 19 heavy (non-hydrogen) atoms. The van der Waals surface area contributed by atoms with Gasteiger partial charge in [-0.1, -0.05) is 79.7 Å². The predicted molar refractivity (Wildman–Crippen MR) is 82.5 cm³/mol. The van der Waals surface area contributed by atoms with E-state index >= 15 is 0 Å². The molecule has 0 saturated heterocycles. The highest BCUT2D eigenvalue weighted by Gasteiger charge is 2.09. The second-order valence-electron chi connectivity index (χ2n) is 5.16. The third-order valence-electron chi connectivity index (χ3n) is 3.74. The molecule has 1 unspecified atom stereocenters. The highest BCUT2D eigenvalue weighted by Crippen LogP contribution is 2.27. The molecule has 94 valence electrons. The first kappa shape index (κ1) is 12.0. The van der Waals surface area contributed by atoms with E-state index in [1.165, 1.54) is 21.9 Å². The van der Waals surface area contributed by atoms with E-state index in [1.807, 2.05) is 0 Å². The van der Waals surface area contributed by atoms with Crippen LogP contribution < -0.4 is 0 Å². The van der Waals surface area contributed by atoms with Crippen molar-refractivity contribution in [2.75, 3.05) is 0 Å². The topological polar surface area (TPSA) is 0 Å². The predicted octanol–water partition coefficient (Wildman–Crippen LogP) is 5.19. The van der Waals surface area contributed by atoms with Gasteiger partial charge in [0.05, 0.1) is 0 Å². The van der Waals surface area contributed by atoms with Crippen LogP contribution in [-0.2, 0) is 6.42 Å². The molecule has 0 aliphatic heterocycles. The van der Waals surface area contributed by atoms with Crippen LogP contribution in [0.25, 0.3) is 10.8 Å². The molecule has 0 radical (unpaired) electrons. The highest BCUT2D eigenvalue weighted by atomic mass is 14.1. The number of fused-ring (bicyclic) bond motifs is 1. The Morgan fingerprint density at radius 2 is 1.42 bits per heavy atom. The van der Waals surface area contributed by atoms with Crippen molar-refractivity contribution < 1.29 is 0 Å².